The molecule has 1 atom stereocenters. The minimum atomic E-state index is -0.769. The smallest absolute Gasteiger partial charge is 0.408 e. The van der Waals surface area contributed by atoms with Crippen molar-refractivity contribution in [1.82, 2.24) is 5.32 Å². The lowest BCUT2D eigenvalue weighted by Crippen LogP contribution is -2.52. The van der Waals surface area contributed by atoms with Crippen LogP contribution in [0.3, 0.4) is 0 Å². The predicted molar refractivity (Wildman–Crippen MR) is 88.9 cm³/mol. The highest BCUT2D eigenvalue weighted by molar-refractivity contribution is 5.68. The molecule has 22 heavy (non-hydrogen) atoms. The van der Waals surface area contributed by atoms with Crippen LogP contribution >= 0.6 is 0 Å². The number of ether oxygens (including phenoxy) is 1. The van der Waals surface area contributed by atoms with Crippen LogP contribution in [0.4, 0.5) is 4.79 Å². The SMILES string of the molecule is C=CCc1cccc(CC(C)(CO)NC(=O)OC(C)(C)C)c1. The van der Waals surface area contributed by atoms with Gasteiger partial charge in [-0.2, -0.15) is 0 Å². The lowest BCUT2D eigenvalue weighted by atomic mass is 9.92. The molecule has 1 aromatic rings. The van der Waals surface area contributed by atoms with E-state index in [1.54, 1.807) is 6.92 Å². The number of aliphatic hydroxyl groups excluding tert-OH is 1. The second-order valence-electron chi connectivity index (χ2n) is 6.84. The molecule has 1 rings (SSSR count). The Morgan fingerprint density at radius 2 is 1.95 bits per heavy atom. The summed E-state index contributed by atoms with van der Waals surface area (Å²) in [6, 6.07) is 8.05. The van der Waals surface area contributed by atoms with Gasteiger partial charge in [0.2, 0.25) is 0 Å². The maximum atomic E-state index is 11.9. The maximum Gasteiger partial charge on any atom is 0.408 e. The minimum absolute atomic E-state index is 0.169. The van der Waals surface area contributed by atoms with Gasteiger partial charge in [-0.15, -0.1) is 6.58 Å². The van der Waals surface area contributed by atoms with E-state index < -0.39 is 17.2 Å². The van der Waals surface area contributed by atoms with E-state index in [1.165, 1.54) is 0 Å². The zero-order chi connectivity index (χ0) is 16.8. The Balaban J connectivity index is 2.79. The molecular weight excluding hydrogens is 278 g/mol. The van der Waals surface area contributed by atoms with Crippen LogP contribution in [-0.4, -0.2) is 28.9 Å². The number of nitrogens with one attached hydrogen (secondary N) is 1. The molecule has 1 amide bonds. The Morgan fingerprint density at radius 1 is 1.32 bits per heavy atom. The summed E-state index contributed by atoms with van der Waals surface area (Å²) in [4.78, 5) is 11.9. The van der Waals surface area contributed by atoms with E-state index >= 15 is 0 Å². The van der Waals surface area contributed by atoms with Gasteiger partial charge in [0.15, 0.2) is 0 Å². The maximum absolute atomic E-state index is 11.9. The third-order valence-electron chi connectivity index (χ3n) is 3.12. The average Bonchev–Trinajstić information content (AvgIpc) is 2.37. The van der Waals surface area contributed by atoms with Crippen molar-refractivity contribution in [2.45, 2.75) is 51.7 Å². The highest BCUT2D eigenvalue weighted by Gasteiger charge is 2.28. The molecule has 122 valence electrons. The molecule has 0 spiro atoms. The fourth-order valence-electron chi connectivity index (χ4n) is 2.17. The predicted octanol–water partition coefficient (Wildman–Crippen LogP) is 3.23. The van der Waals surface area contributed by atoms with Gasteiger partial charge >= 0.3 is 6.09 Å². The van der Waals surface area contributed by atoms with Crippen LogP contribution in [0.15, 0.2) is 36.9 Å². The molecule has 0 saturated heterocycles. The first-order valence-corrected chi connectivity index (χ1v) is 7.48. The summed E-state index contributed by atoms with van der Waals surface area (Å²) in [5.74, 6) is 0. The molecule has 4 heteroatoms. The summed E-state index contributed by atoms with van der Waals surface area (Å²) in [5.41, 5.74) is 0.872. The van der Waals surface area contributed by atoms with E-state index in [4.69, 9.17) is 4.74 Å². The zero-order valence-corrected chi connectivity index (χ0v) is 14.0. The second-order valence-corrected chi connectivity index (χ2v) is 6.84. The number of hydrogen-bond acceptors (Lipinski definition) is 3. The number of benzene rings is 1. The topological polar surface area (TPSA) is 58.6 Å². The number of carbonyl (C=O) groups is 1. The Hall–Kier alpha value is -1.81. The van der Waals surface area contributed by atoms with E-state index in [-0.39, 0.29) is 6.61 Å². The highest BCUT2D eigenvalue weighted by atomic mass is 16.6. The van der Waals surface area contributed by atoms with Crippen LogP contribution in [0.25, 0.3) is 0 Å². The van der Waals surface area contributed by atoms with Crippen LogP contribution in [0.2, 0.25) is 0 Å². The van der Waals surface area contributed by atoms with Gasteiger partial charge in [-0.05, 0) is 51.7 Å². The third-order valence-corrected chi connectivity index (χ3v) is 3.12. The fraction of sp³-hybridized carbons (Fsp3) is 0.500. The van der Waals surface area contributed by atoms with E-state index in [9.17, 15) is 9.90 Å². The van der Waals surface area contributed by atoms with Crippen LogP contribution in [-0.2, 0) is 17.6 Å². The molecule has 2 N–H and O–H groups in total. The van der Waals surface area contributed by atoms with Gasteiger partial charge in [-0.25, -0.2) is 4.79 Å². The monoisotopic (exact) mass is 305 g/mol. The molecule has 1 unspecified atom stereocenters. The molecule has 0 aliphatic heterocycles. The molecule has 0 fully saturated rings. The van der Waals surface area contributed by atoms with Crippen molar-refractivity contribution in [3.05, 3.63) is 48.0 Å². The van der Waals surface area contributed by atoms with Crippen LogP contribution in [0.5, 0.6) is 0 Å². The number of carbonyl (C=O) groups excluding carboxylic acids is 1. The number of amides is 1. The van der Waals surface area contributed by atoms with E-state index in [2.05, 4.69) is 18.0 Å². The van der Waals surface area contributed by atoms with E-state index in [1.807, 2.05) is 45.0 Å². The van der Waals surface area contributed by atoms with E-state index in [0.717, 1.165) is 17.5 Å². The van der Waals surface area contributed by atoms with Crippen LogP contribution < -0.4 is 5.32 Å². The number of aliphatic hydroxyl groups is 1. The summed E-state index contributed by atoms with van der Waals surface area (Å²) < 4.78 is 5.26. The summed E-state index contributed by atoms with van der Waals surface area (Å²) in [6.45, 7) is 10.8. The zero-order valence-electron chi connectivity index (χ0n) is 14.0. The average molecular weight is 305 g/mol. The first-order chi connectivity index (χ1) is 10.2. The lowest BCUT2D eigenvalue weighted by Gasteiger charge is -2.30. The van der Waals surface area contributed by atoms with E-state index in [0.29, 0.717) is 6.42 Å². The van der Waals surface area contributed by atoms with Gasteiger partial charge in [0.1, 0.15) is 5.60 Å². The summed E-state index contributed by atoms with van der Waals surface area (Å²) in [7, 11) is 0. The van der Waals surface area contributed by atoms with Crippen LogP contribution in [0, 0.1) is 0 Å². The molecule has 0 bridgehead atoms. The third kappa shape index (κ3) is 6.31. The van der Waals surface area contributed by atoms with Crippen molar-refractivity contribution in [3.8, 4) is 0 Å². The van der Waals surface area contributed by atoms with Crippen molar-refractivity contribution < 1.29 is 14.6 Å². The van der Waals surface area contributed by atoms with Gasteiger partial charge in [-0.1, -0.05) is 30.3 Å². The minimum Gasteiger partial charge on any atom is -0.444 e. The summed E-state index contributed by atoms with van der Waals surface area (Å²) in [6.07, 6.45) is 2.64. The Bertz CT molecular complexity index is 519. The van der Waals surface area contributed by atoms with Crippen molar-refractivity contribution in [2.24, 2.45) is 0 Å². The van der Waals surface area contributed by atoms with Gasteiger partial charge in [0.25, 0.3) is 0 Å². The summed E-state index contributed by atoms with van der Waals surface area (Å²) in [5, 5.41) is 12.4. The number of allylic oxidation sites excluding steroid dienone is 1. The fourth-order valence-corrected chi connectivity index (χ4v) is 2.17. The second kappa shape index (κ2) is 7.45. The van der Waals surface area contributed by atoms with Gasteiger partial charge < -0.3 is 15.2 Å². The lowest BCUT2D eigenvalue weighted by molar-refractivity contribution is 0.0415. The molecule has 0 aliphatic rings. The molecule has 0 aliphatic carbocycles. The number of hydrogen-bond donors (Lipinski definition) is 2. The van der Waals surface area contributed by atoms with Gasteiger partial charge in [-0.3, -0.25) is 0 Å². The quantitative estimate of drug-likeness (QED) is 0.793. The Kier molecular flexibility index (Phi) is 6.18. The molecule has 0 saturated carbocycles. The molecular formula is C18H27NO3. The highest BCUT2D eigenvalue weighted by Crippen LogP contribution is 2.16. The first kappa shape index (κ1) is 18.2. The number of rotatable bonds is 6. The molecule has 1 aromatic carbocycles. The van der Waals surface area contributed by atoms with Crippen molar-refractivity contribution in [2.75, 3.05) is 6.61 Å². The normalized spacial score (nSPS) is 14.0. The van der Waals surface area contributed by atoms with Gasteiger partial charge in [0.05, 0.1) is 12.1 Å². The van der Waals surface area contributed by atoms with Gasteiger partial charge in [0, 0.05) is 0 Å². The van der Waals surface area contributed by atoms with Crippen molar-refractivity contribution in [3.63, 3.8) is 0 Å². The Morgan fingerprint density at radius 3 is 2.50 bits per heavy atom. The van der Waals surface area contributed by atoms with Crippen LogP contribution in [0.1, 0.15) is 38.8 Å². The standard InChI is InChI=1S/C18H27NO3/c1-6-8-14-9-7-10-15(11-14)12-18(5,13-20)19-16(21)22-17(2,3)4/h6-7,9-11,20H,1,8,12-13H2,2-5H3,(H,19,21). The molecule has 4 nitrogen and oxygen atoms in total. The first-order valence-electron chi connectivity index (χ1n) is 7.48. The molecule has 0 radical (unpaired) electrons. The molecule has 0 aromatic heterocycles. The summed E-state index contributed by atoms with van der Waals surface area (Å²) >= 11 is 0. The van der Waals surface area contributed by atoms with Crippen molar-refractivity contribution >= 4 is 6.09 Å². The number of alkyl carbamates (subject to hydrolysis) is 1. The van der Waals surface area contributed by atoms with Crippen molar-refractivity contribution in [1.29, 1.82) is 0 Å². The molecule has 0 heterocycles. The Labute approximate surface area is 133 Å². The largest absolute Gasteiger partial charge is 0.444 e.